The summed E-state index contributed by atoms with van der Waals surface area (Å²) in [5.74, 6) is 0. The van der Waals surface area contributed by atoms with E-state index in [2.05, 4.69) is 316 Å². The van der Waals surface area contributed by atoms with Crippen molar-refractivity contribution in [1.29, 1.82) is 0 Å². The third-order valence-electron chi connectivity index (χ3n) is 16.2. The summed E-state index contributed by atoms with van der Waals surface area (Å²) in [6, 6.07) is 97.9. The Hall–Kier alpha value is -10.3. The van der Waals surface area contributed by atoms with Gasteiger partial charge < -0.3 is 9.13 Å². The zero-order chi connectivity index (χ0) is 55.0. The molecule has 1 aliphatic rings. The van der Waals surface area contributed by atoms with E-state index < -0.39 is 0 Å². The van der Waals surface area contributed by atoms with Gasteiger partial charge in [-0.1, -0.05) is 232 Å². The molecule has 14 aromatic rings. The molecule has 81 heavy (non-hydrogen) atoms. The quantitative estimate of drug-likeness (QED) is 0.134. The predicted molar refractivity (Wildman–Crippen MR) is 350 cm³/mol. The molecule has 0 saturated carbocycles. The van der Waals surface area contributed by atoms with Crippen LogP contribution in [0.15, 0.2) is 298 Å². The summed E-state index contributed by atoms with van der Waals surface area (Å²) < 4.78 is 4.92. The normalized spacial score (nSPS) is 11.6. The lowest BCUT2D eigenvalue weighted by Gasteiger charge is -2.12. The second-order valence-electron chi connectivity index (χ2n) is 20.9. The molecule has 0 N–H and O–H groups in total. The Labute approximate surface area is 474 Å². The molecule has 15 rings (SSSR count). The minimum absolute atomic E-state index is 1.15. The average molecular weight is 1040 g/mol. The SMILES string of the molecule is C/C=C(\C)c1ccccc1C.C=CC=C.c1ccc(-c2cccc(-c3cccc(-n4c5ccccc5c5cc(-c6ccc7c(c6)c6c8cccc9c8c(cc6n7-c6cccc(-c7ccccc7)c6)-c6ccccc6-9)ccc54)c3)c2)cc1. The highest BCUT2D eigenvalue weighted by Gasteiger charge is 2.26. The first-order valence-electron chi connectivity index (χ1n) is 27.9. The Morgan fingerprint density at radius 2 is 0.765 bits per heavy atom. The van der Waals surface area contributed by atoms with Crippen LogP contribution in [0.2, 0.25) is 0 Å². The van der Waals surface area contributed by atoms with Gasteiger partial charge in [0.1, 0.15) is 0 Å². The molecule has 2 heterocycles. The first-order chi connectivity index (χ1) is 39.9. The average Bonchev–Trinajstić information content (AvgIpc) is 3.03. The fourth-order valence-corrected chi connectivity index (χ4v) is 12.2. The molecule has 0 saturated heterocycles. The number of fused-ring (bicyclic) bond motifs is 10. The van der Waals surface area contributed by atoms with Gasteiger partial charge in [0, 0.05) is 32.9 Å². The van der Waals surface area contributed by atoms with Crippen LogP contribution in [0.4, 0.5) is 0 Å². The second-order valence-corrected chi connectivity index (χ2v) is 20.9. The molecule has 0 unspecified atom stereocenters. The highest BCUT2D eigenvalue weighted by atomic mass is 15.0. The highest BCUT2D eigenvalue weighted by Crippen LogP contribution is 2.51. The molecule has 2 nitrogen and oxygen atoms in total. The molecule has 2 heteroatoms. The van der Waals surface area contributed by atoms with Crippen LogP contribution in [0.5, 0.6) is 0 Å². The zero-order valence-corrected chi connectivity index (χ0v) is 45.9. The summed E-state index contributed by atoms with van der Waals surface area (Å²) in [6.07, 6.45) is 5.42. The number of allylic oxidation sites excluding steroid dienone is 4. The third-order valence-corrected chi connectivity index (χ3v) is 16.2. The maximum atomic E-state index is 3.36. The van der Waals surface area contributed by atoms with Crippen LogP contribution in [-0.2, 0) is 0 Å². The molecule has 386 valence electrons. The van der Waals surface area contributed by atoms with Crippen molar-refractivity contribution in [3.63, 3.8) is 0 Å². The summed E-state index contributed by atoms with van der Waals surface area (Å²) >= 11 is 0. The molecule has 0 radical (unpaired) electrons. The van der Waals surface area contributed by atoms with Crippen LogP contribution >= 0.6 is 0 Å². The van der Waals surface area contributed by atoms with Crippen LogP contribution in [-0.4, -0.2) is 9.13 Å². The Kier molecular flexibility index (Phi) is 13.3. The van der Waals surface area contributed by atoms with Gasteiger partial charge in [0.25, 0.3) is 0 Å². The van der Waals surface area contributed by atoms with E-state index in [4.69, 9.17) is 0 Å². The van der Waals surface area contributed by atoms with Crippen molar-refractivity contribution in [2.75, 3.05) is 0 Å². The first-order valence-corrected chi connectivity index (χ1v) is 27.9. The first kappa shape index (κ1) is 50.2. The Balaban J connectivity index is 0.000000363. The Morgan fingerprint density at radius 1 is 0.321 bits per heavy atom. The molecule has 0 spiro atoms. The van der Waals surface area contributed by atoms with Gasteiger partial charge in [-0.15, -0.1) is 0 Å². The number of rotatable bonds is 8. The lowest BCUT2D eigenvalue weighted by Crippen LogP contribution is -1.95. The van der Waals surface area contributed by atoms with Gasteiger partial charge in [0.05, 0.1) is 22.1 Å². The van der Waals surface area contributed by atoms with Gasteiger partial charge in [-0.05, 0) is 182 Å². The maximum absolute atomic E-state index is 3.36. The molecule has 0 aliphatic heterocycles. The van der Waals surface area contributed by atoms with Crippen molar-refractivity contribution in [3.05, 3.63) is 309 Å². The molecular weight excluding hydrogens is 977 g/mol. The molecule has 12 aromatic carbocycles. The lowest BCUT2D eigenvalue weighted by molar-refractivity contribution is 1.18. The van der Waals surface area contributed by atoms with Crippen molar-refractivity contribution in [2.45, 2.75) is 20.8 Å². The van der Waals surface area contributed by atoms with E-state index in [1.54, 1.807) is 12.2 Å². The van der Waals surface area contributed by atoms with Crippen LogP contribution < -0.4 is 0 Å². The molecule has 1 aliphatic carbocycles. The van der Waals surface area contributed by atoms with Crippen molar-refractivity contribution in [1.82, 2.24) is 9.13 Å². The van der Waals surface area contributed by atoms with Crippen LogP contribution in [0, 0.1) is 6.92 Å². The van der Waals surface area contributed by atoms with E-state index >= 15 is 0 Å². The maximum Gasteiger partial charge on any atom is 0.0553 e. The summed E-state index contributed by atoms with van der Waals surface area (Å²) in [5.41, 5.74) is 26.0. The van der Waals surface area contributed by atoms with E-state index in [0.29, 0.717) is 0 Å². The smallest absolute Gasteiger partial charge is 0.0553 e. The van der Waals surface area contributed by atoms with Gasteiger partial charge in [-0.25, -0.2) is 0 Å². The van der Waals surface area contributed by atoms with E-state index in [0.717, 1.165) is 11.4 Å². The summed E-state index contributed by atoms with van der Waals surface area (Å²) in [6.45, 7) is 13.1. The van der Waals surface area contributed by atoms with Crippen LogP contribution in [0.3, 0.4) is 0 Å². The Morgan fingerprint density at radius 3 is 1.41 bits per heavy atom. The monoisotopic (exact) mass is 1040 g/mol. The van der Waals surface area contributed by atoms with Crippen molar-refractivity contribution >= 4 is 60.0 Å². The molecular formula is C79H60N2. The fourth-order valence-electron chi connectivity index (χ4n) is 12.2. The highest BCUT2D eigenvalue weighted by molar-refractivity contribution is 6.29. The number of hydrogen-bond acceptors (Lipinski definition) is 0. The molecule has 0 amide bonds. The van der Waals surface area contributed by atoms with Gasteiger partial charge >= 0.3 is 0 Å². The summed E-state index contributed by atoms with van der Waals surface area (Å²) in [7, 11) is 0. The standard InChI is InChI=1S/C64H40N2.C11H14.C4H6/c1-3-15-41(16-4-1)43-19-11-20-44(35-43)46-22-13-23-49(37-46)65-59-30-10-9-27-53(59)56-38-47(31-33-60(56)65)48-32-34-61-58(39-48)64-55-29-14-28-54-51-25-7-8-26-52(51)57(63(54)55)40-62(64)66(61)50-24-12-21-45(36-50)42-17-5-2-6-18-42;1-4-9(2)11-8-6-5-7-10(11)3;1-3-4-2/h1-40H;4-8H,1-3H3;3-4H,1-2H2/b;9-4+;. The van der Waals surface area contributed by atoms with E-state index in [1.165, 1.54) is 138 Å². The van der Waals surface area contributed by atoms with E-state index in [-0.39, 0.29) is 0 Å². The van der Waals surface area contributed by atoms with Gasteiger partial charge in [-0.2, -0.15) is 0 Å². The van der Waals surface area contributed by atoms with Crippen molar-refractivity contribution in [3.8, 4) is 78.1 Å². The summed E-state index contributed by atoms with van der Waals surface area (Å²) in [4.78, 5) is 0. The number of para-hydroxylation sites is 1. The fraction of sp³-hybridized carbons (Fsp3) is 0.0380. The zero-order valence-electron chi connectivity index (χ0n) is 45.9. The molecule has 0 fully saturated rings. The number of nitrogens with zero attached hydrogens (tertiary/aromatic N) is 2. The predicted octanol–water partition coefficient (Wildman–Crippen LogP) is 22.1. The van der Waals surface area contributed by atoms with Crippen LogP contribution in [0.25, 0.3) is 138 Å². The number of hydrogen-bond donors (Lipinski definition) is 0. The van der Waals surface area contributed by atoms with Crippen molar-refractivity contribution < 1.29 is 0 Å². The number of benzene rings is 12. The topological polar surface area (TPSA) is 9.86 Å². The van der Waals surface area contributed by atoms with Crippen LogP contribution in [0.1, 0.15) is 25.0 Å². The minimum atomic E-state index is 1.15. The lowest BCUT2D eigenvalue weighted by atomic mass is 9.96. The largest absolute Gasteiger partial charge is 0.309 e. The molecule has 0 bridgehead atoms. The van der Waals surface area contributed by atoms with E-state index in [1.807, 2.05) is 0 Å². The van der Waals surface area contributed by atoms with Gasteiger partial charge in [0.2, 0.25) is 0 Å². The minimum Gasteiger partial charge on any atom is -0.309 e. The third kappa shape index (κ3) is 9.07. The number of aromatic nitrogens is 2. The van der Waals surface area contributed by atoms with Crippen molar-refractivity contribution in [2.24, 2.45) is 0 Å². The Bertz CT molecular complexity index is 4750. The molecule has 0 atom stereocenters. The van der Waals surface area contributed by atoms with Gasteiger partial charge in [0.15, 0.2) is 0 Å². The summed E-state index contributed by atoms with van der Waals surface area (Å²) in [5, 5.41) is 7.66. The van der Waals surface area contributed by atoms with E-state index in [9.17, 15) is 0 Å². The number of aryl methyl sites for hydroxylation is 1. The molecule has 2 aromatic heterocycles. The second kappa shape index (κ2) is 21.5. The van der Waals surface area contributed by atoms with Gasteiger partial charge in [-0.3, -0.25) is 0 Å².